The van der Waals surface area contributed by atoms with Gasteiger partial charge in [0.2, 0.25) is 0 Å². The zero-order valence-electron chi connectivity index (χ0n) is 11.7. The molecule has 1 N–H and O–H groups in total. The van der Waals surface area contributed by atoms with Crippen molar-refractivity contribution >= 4 is 18.6 Å². The smallest absolute Gasteiger partial charge is 0.274 e. The van der Waals surface area contributed by atoms with Crippen LogP contribution in [0.1, 0.15) is 11.1 Å². The molecular formula is C18H16N2O. The van der Waals surface area contributed by atoms with Crippen molar-refractivity contribution in [3.63, 3.8) is 0 Å². The van der Waals surface area contributed by atoms with E-state index >= 15 is 0 Å². The van der Waals surface area contributed by atoms with Gasteiger partial charge in [-0.25, -0.2) is 4.99 Å². The Morgan fingerprint density at radius 3 is 2.62 bits per heavy atom. The Kier molecular flexibility index (Phi) is 3.75. The summed E-state index contributed by atoms with van der Waals surface area (Å²) in [7, 11) is 0. The molecule has 1 amide bonds. The van der Waals surface area contributed by atoms with Gasteiger partial charge >= 0.3 is 0 Å². The molecule has 0 saturated heterocycles. The lowest BCUT2D eigenvalue weighted by Gasteiger charge is -2.10. The Morgan fingerprint density at radius 1 is 1.00 bits per heavy atom. The molecule has 0 saturated carbocycles. The number of benzene rings is 2. The molecule has 3 rings (SSSR count). The summed E-state index contributed by atoms with van der Waals surface area (Å²) >= 11 is 0. The highest BCUT2D eigenvalue weighted by molar-refractivity contribution is 6.00. The second-order valence-corrected chi connectivity index (χ2v) is 5.03. The van der Waals surface area contributed by atoms with Gasteiger partial charge in [0.05, 0.1) is 5.36 Å². The normalized spacial score (nSPS) is 13.3. The van der Waals surface area contributed by atoms with E-state index in [1.807, 2.05) is 42.5 Å². The van der Waals surface area contributed by atoms with Crippen LogP contribution in [0.5, 0.6) is 0 Å². The van der Waals surface area contributed by atoms with Crippen molar-refractivity contribution in [2.75, 3.05) is 6.54 Å². The summed E-state index contributed by atoms with van der Waals surface area (Å²) in [6.45, 7) is 5.15. The van der Waals surface area contributed by atoms with Gasteiger partial charge in [0.1, 0.15) is 0 Å². The maximum absolute atomic E-state index is 12.0. The Morgan fingerprint density at radius 2 is 1.81 bits per heavy atom. The highest BCUT2D eigenvalue weighted by Gasteiger charge is 2.13. The number of para-hydroxylation sites is 1. The van der Waals surface area contributed by atoms with Gasteiger partial charge in [-0.05, 0) is 16.9 Å². The number of nitrogens with zero attached hydrogens (tertiary/aromatic N) is 1. The van der Waals surface area contributed by atoms with Crippen LogP contribution in [0.15, 0.2) is 59.1 Å². The Hall–Kier alpha value is -2.52. The lowest BCUT2D eigenvalue weighted by Crippen LogP contribution is -2.32. The van der Waals surface area contributed by atoms with E-state index in [1.54, 1.807) is 0 Å². The van der Waals surface area contributed by atoms with Crippen molar-refractivity contribution in [3.8, 4) is 0 Å². The molecule has 0 atom stereocenters. The minimum atomic E-state index is -0.181. The van der Waals surface area contributed by atoms with Gasteiger partial charge in [-0.2, -0.15) is 0 Å². The maximum atomic E-state index is 12.0. The van der Waals surface area contributed by atoms with Crippen molar-refractivity contribution in [1.82, 2.24) is 5.32 Å². The molecule has 2 aromatic rings. The van der Waals surface area contributed by atoms with Crippen molar-refractivity contribution in [2.45, 2.75) is 6.54 Å². The Bertz CT molecular complexity index is 807. The van der Waals surface area contributed by atoms with Gasteiger partial charge in [0, 0.05) is 24.2 Å². The van der Waals surface area contributed by atoms with E-state index < -0.39 is 0 Å². The van der Waals surface area contributed by atoms with E-state index in [2.05, 4.69) is 29.0 Å². The molecule has 3 nitrogen and oxygen atoms in total. The van der Waals surface area contributed by atoms with Crippen LogP contribution in [0.25, 0.3) is 12.7 Å². The summed E-state index contributed by atoms with van der Waals surface area (Å²) in [5.41, 5.74) is 2.83. The molecule has 1 aliphatic heterocycles. The third-order valence-corrected chi connectivity index (χ3v) is 3.46. The first-order valence-electron chi connectivity index (χ1n) is 6.90. The second kappa shape index (κ2) is 5.85. The lowest BCUT2D eigenvalue weighted by molar-refractivity contribution is -0.114. The summed E-state index contributed by atoms with van der Waals surface area (Å²) in [4.78, 5) is 16.2. The average Bonchev–Trinajstić information content (AvgIpc) is 2.50. The van der Waals surface area contributed by atoms with Crippen LogP contribution in [0.4, 0.5) is 0 Å². The minimum Gasteiger partial charge on any atom is -0.308 e. The molecule has 0 aliphatic carbocycles. The fourth-order valence-corrected chi connectivity index (χ4v) is 2.35. The predicted molar refractivity (Wildman–Crippen MR) is 83.9 cm³/mol. The average molecular weight is 276 g/mol. The van der Waals surface area contributed by atoms with Gasteiger partial charge in [0.25, 0.3) is 5.91 Å². The molecule has 0 spiro atoms. The largest absolute Gasteiger partial charge is 0.308 e. The number of fused-ring (bicyclic) bond motifs is 1. The number of nitrogens with one attached hydrogen (secondary N) is 1. The molecule has 2 aromatic carbocycles. The van der Waals surface area contributed by atoms with Gasteiger partial charge in [-0.3, -0.25) is 4.79 Å². The molecule has 1 aliphatic rings. The molecular weight excluding hydrogens is 260 g/mol. The molecule has 0 radical (unpaired) electrons. The third kappa shape index (κ3) is 2.98. The van der Waals surface area contributed by atoms with E-state index in [4.69, 9.17) is 0 Å². The molecule has 1 heterocycles. The zero-order chi connectivity index (χ0) is 14.7. The molecule has 3 heteroatoms. The number of rotatable bonds is 4. The second-order valence-electron chi connectivity index (χ2n) is 5.03. The zero-order valence-corrected chi connectivity index (χ0v) is 11.7. The number of amides is 1. The van der Waals surface area contributed by atoms with E-state index in [1.165, 1.54) is 5.56 Å². The van der Waals surface area contributed by atoms with Crippen LogP contribution < -0.4 is 15.9 Å². The van der Waals surface area contributed by atoms with Crippen LogP contribution in [0.2, 0.25) is 0 Å². The van der Waals surface area contributed by atoms with Crippen LogP contribution >= 0.6 is 0 Å². The van der Waals surface area contributed by atoms with E-state index in [9.17, 15) is 4.79 Å². The van der Waals surface area contributed by atoms with Gasteiger partial charge in [-0.15, -0.1) is 0 Å². The predicted octanol–water partition coefficient (Wildman–Crippen LogP) is 1.43. The first-order valence-corrected chi connectivity index (χ1v) is 6.90. The lowest BCUT2D eigenvalue weighted by atomic mass is 10.1. The summed E-state index contributed by atoms with van der Waals surface area (Å²) in [5, 5.41) is 4.76. The highest BCUT2D eigenvalue weighted by atomic mass is 16.1. The minimum absolute atomic E-state index is 0.181. The number of carbonyl (C=O) groups excluding carboxylic acids is 1. The molecule has 104 valence electrons. The van der Waals surface area contributed by atoms with Crippen LogP contribution in [0.3, 0.4) is 0 Å². The van der Waals surface area contributed by atoms with Gasteiger partial charge < -0.3 is 5.32 Å². The molecule has 0 unspecified atom stereocenters. The van der Waals surface area contributed by atoms with Crippen molar-refractivity contribution < 1.29 is 4.79 Å². The third-order valence-electron chi connectivity index (χ3n) is 3.46. The Balaban J connectivity index is 1.73. The highest BCUT2D eigenvalue weighted by Crippen LogP contribution is 2.08. The van der Waals surface area contributed by atoms with Crippen LogP contribution in [0, 0.1) is 0 Å². The fourth-order valence-electron chi connectivity index (χ4n) is 2.35. The monoisotopic (exact) mass is 276 g/mol. The fraction of sp³-hybridized carbons (Fsp3) is 0.111. The number of hydrogen-bond acceptors (Lipinski definition) is 2. The quantitative estimate of drug-likeness (QED) is 0.918. The number of carbonyl (C=O) groups is 1. The first-order chi connectivity index (χ1) is 10.2. The first kappa shape index (κ1) is 13.5. The summed E-state index contributed by atoms with van der Waals surface area (Å²) in [5.74, 6) is -0.181. The molecule has 21 heavy (non-hydrogen) atoms. The van der Waals surface area contributed by atoms with Gasteiger partial charge in [-0.1, -0.05) is 55.1 Å². The van der Waals surface area contributed by atoms with Crippen LogP contribution in [-0.2, 0) is 11.3 Å². The summed E-state index contributed by atoms with van der Waals surface area (Å²) < 4.78 is 0. The molecule has 0 bridgehead atoms. The van der Waals surface area contributed by atoms with Crippen molar-refractivity contribution in [1.29, 1.82) is 0 Å². The SMILES string of the molecule is C=c1cccc2c1=NC(=O)C(CNCc1ccccc1)=C2. The van der Waals surface area contributed by atoms with E-state index in [0.717, 1.165) is 17.3 Å². The molecule has 0 fully saturated rings. The van der Waals surface area contributed by atoms with Gasteiger partial charge in [0.15, 0.2) is 0 Å². The van der Waals surface area contributed by atoms with Crippen molar-refractivity contribution in [2.24, 2.45) is 4.99 Å². The Labute approximate surface area is 123 Å². The van der Waals surface area contributed by atoms with Crippen LogP contribution in [-0.4, -0.2) is 12.5 Å². The van der Waals surface area contributed by atoms with Crippen molar-refractivity contribution in [3.05, 3.63) is 75.8 Å². The standard InChI is InChI=1S/C18H16N2O/c1-13-6-5-9-15-10-16(18(21)20-17(13)15)12-19-11-14-7-3-2-4-8-14/h2-10,19H,1,11-12H2. The maximum Gasteiger partial charge on any atom is 0.274 e. The van der Waals surface area contributed by atoms with E-state index in [0.29, 0.717) is 17.5 Å². The topological polar surface area (TPSA) is 41.5 Å². The molecule has 0 aromatic heterocycles. The number of hydrogen-bond donors (Lipinski definition) is 1. The summed E-state index contributed by atoms with van der Waals surface area (Å²) in [6.07, 6.45) is 1.90. The van der Waals surface area contributed by atoms with E-state index in [-0.39, 0.29) is 5.91 Å². The summed E-state index contributed by atoms with van der Waals surface area (Å²) in [6, 6.07) is 15.9.